The van der Waals surface area contributed by atoms with Crippen LogP contribution in [0.5, 0.6) is 0 Å². The lowest BCUT2D eigenvalue weighted by Crippen LogP contribution is -2.48. The number of rotatable bonds is 4. The van der Waals surface area contributed by atoms with Gasteiger partial charge in [-0.2, -0.15) is 10.1 Å². The Hall–Kier alpha value is -2.70. The van der Waals surface area contributed by atoms with Crippen molar-refractivity contribution in [3.8, 4) is 0 Å². The molecule has 0 radical (unpaired) electrons. The van der Waals surface area contributed by atoms with E-state index in [9.17, 15) is 20.0 Å². The predicted octanol–water partition coefficient (Wildman–Crippen LogP) is 2.40. The van der Waals surface area contributed by atoms with Gasteiger partial charge in [-0.25, -0.2) is 0 Å². The van der Waals surface area contributed by atoms with E-state index in [0.29, 0.717) is 10.1 Å². The van der Waals surface area contributed by atoms with Crippen molar-refractivity contribution >= 4 is 11.8 Å². The fraction of sp³-hybridized carbons (Fsp3) is 0.125. The highest BCUT2D eigenvalue weighted by Crippen LogP contribution is 2.11. The Labute approximate surface area is 127 Å². The maximum absolute atomic E-state index is 12.1. The van der Waals surface area contributed by atoms with Crippen molar-refractivity contribution in [3.05, 3.63) is 71.8 Å². The molecule has 0 spiro atoms. The number of benzene rings is 2. The molecule has 0 bridgehead atoms. The van der Waals surface area contributed by atoms with Crippen LogP contribution < -0.4 is 0 Å². The van der Waals surface area contributed by atoms with E-state index in [-0.39, 0.29) is 11.1 Å². The van der Waals surface area contributed by atoms with Gasteiger partial charge in [0.25, 0.3) is 11.8 Å². The van der Waals surface area contributed by atoms with Crippen LogP contribution in [0.2, 0.25) is 0 Å². The maximum Gasteiger partial charge on any atom is 0.279 e. The number of hydrogen-bond donors (Lipinski definition) is 2. The fourth-order valence-electron chi connectivity index (χ4n) is 1.87. The highest BCUT2D eigenvalue weighted by Gasteiger charge is 2.28. The Bertz CT molecular complexity index is 588. The van der Waals surface area contributed by atoms with Gasteiger partial charge in [0, 0.05) is 11.1 Å². The second-order valence-corrected chi connectivity index (χ2v) is 4.66. The normalized spacial score (nSPS) is 10.4. The van der Waals surface area contributed by atoms with Crippen LogP contribution in [0.4, 0.5) is 0 Å². The SMILES string of the molecule is CC(N(O)C(=O)c1ccccc1)N(O)C(=O)c1ccccc1. The summed E-state index contributed by atoms with van der Waals surface area (Å²) in [5.41, 5.74) is 0.495. The van der Waals surface area contributed by atoms with Crippen LogP contribution in [0.15, 0.2) is 60.7 Å². The van der Waals surface area contributed by atoms with E-state index in [2.05, 4.69) is 0 Å². The quantitative estimate of drug-likeness (QED) is 0.516. The zero-order chi connectivity index (χ0) is 16.1. The summed E-state index contributed by atoms with van der Waals surface area (Å²) in [6, 6.07) is 16.2. The third kappa shape index (κ3) is 3.30. The first-order valence-electron chi connectivity index (χ1n) is 6.67. The molecule has 2 aromatic rings. The van der Waals surface area contributed by atoms with E-state index < -0.39 is 18.0 Å². The smallest absolute Gasteiger partial charge is 0.279 e. The summed E-state index contributed by atoms with van der Waals surface area (Å²) in [6.45, 7) is 1.34. The molecule has 0 saturated heterocycles. The molecule has 0 saturated carbocycles. The summed E-state index contributed by atoms with van der Waals surface area (Å²) >= 11 is 0. The van der Waals surface area contributed by atoms with Gasteiger partial charge in [0.15, 0.2) is 6.17 Å². The largest absolute Gasteiger partial charge is 0.284 e. The zero-order valence-electron chi connectivity index (χ0n) is 12.0. The van der Waals surface area contributed by atoms with Crippen LogP contribution >= 0.6 is 0 Å². The third-order valence-corrected chi connectivity index (χ3v) is 3.17. The summed E-state index contributed by atoms with van der Waals surface area (Å²) in [4.78, 5) is 24.2. The van der Waals surface area contributed by atoms with Gasteiger partial charge in [-0.15, -0.1) is 0 Å². The molecule has 0 aliphatic heterocycles. The van der Waals surface area contributed by atoms with Crippen molar-refractivity contribution in [1.82, 2.24) is 10.1 Å². The van der Waals surface area contributed by atoms with Gasteiger partial charge in [0.1, 0.15) is 0 Å². The highest BCUT2D eigenvalue weighted by atomic mass is 16.6. The minimum absolute atomic E-state index is 0.248. The van der Waals surface area contributed by atoms with Gasteiger partial charge in [-0.1, -0.05) is 36.4 Å². The van der Waals surface area contributed by atoms with E-state index in [0.717, 1.165) is 0 Å². The highest BCUT2D eigenvalue weighted by molar-refractivity contribution is 5.95. The minimum Gasteiger partial charge on any atom is -0.284 e. The molecule has 0 heterocycles. The van der Waals surface area contributed by atoms with Crippen molar-refractivity contribution in [1.29, 1.82) is 0 Å². The molecule has 22 heavy (non-hydrogen) atoms. The van der Waals surface area contributed by atoms with E-state index in [1.807, 2.05) is 0 Å². The first kappa shape index (κ1) is 15.7. The lowest BCUT2D eigenvalue weighted by molar-refractivity contribution is -0.194. The second-order valence-electron chi connectivity index (χ2n) is 4.66. The van der Waals surface area contributed by atoms with E-state index in [1.165, 1.54) is 31.2 Å². The van der Waals surface area contributed by atoms with E-state index in [1.54, 1.807) is 36.4 Å². The number of carbonyl (C=O) groups is 2. The minimum atomic E-state index is -1.24. The second kappa shape index (κ2) is 6.84. The summed E-state index contributed by atoms with van der Waals surface area (Å²) in [5.74, 6) is -1.43. The molecule has 0 atom stereocenters. The summed E-state index contributed by atoms with van der Waals surface area (Å²) in [5, 5.41) is 20.5. The predicted molar refractivity (Wildman–Crippen MR) is 78.3 cm³/mol. The Morgan fingerprint density at radius 3 is 1.41 bits per heavy atom. The van der Waals surface area contributed by atoms with Crippen LogP contribution in [0.3, 0.4) is 0 Å². The van der Waals surface area contributed by atoms with Gasteiger partial charge in [0.2, 0.25) is 0 Å². The third-order valence-electron chi connectivity index (χ3n) is 3.17. The molecule has 0 aromatic heterocycles. The molecule has 6 nitrogen and oxygen atoms in total. The standard InChI is InChI=1S/C16H16N2O4/c1-12(17(21)15(19)13-8-4-2-5-9-13)18(22)16(20)14-10-6-3-7-11-14/h2-12,21-22H,1H3. The van der Waals surface area contributed by atoms with Crippen molar-refractivity contribution in [2.75, 3.05) is 0 Å². The van der Waals surface area contributed by atoms with Crippen molar-refractivity contribution in [3.63, 3.8) is 0 Å². The van der Waals surface area contributed by atoms with Gasteiger partial charge < -0.3 is 0 Å². The number of amides is 2. The lowest BCUT2D eigenvalue weighted by Gasteiger charge is -2.28. The van der Waals surface area contributed by atoms with Gasteiger partial charge in [-0.3, -0.25) is 20.0 Å². The summed E-state index contributed by atoms with van der Waals surface area (Å²) in [6.07, 6.45) is -1.24. The topological polar surface area (TPSA) is 81.1 Å². The molecule has 114 valence electrons. The fourth-order valence-corrected chi connectivity index (χ4v) is 1.87. The van der Waals surface area contributed by atoms with Gasteiger partial charge in [0.05, 0.1) is 0 Å². The van der Waals surface area contributed by atoms with Crippen molar-refractivity contribution < 1.29 is 20.0 Å². The molecule has 2 N–H and O–H groups in total. The maximum atomic E-state index is 12.1. The van der Waals surface area contributed by atoms with Crippen LogP contribution in [0.1, 0.15) is 27.6 Å². The average molecular weight is 300 g/mol. The zero-order valence-corrected chi connectivity index (χ0v) is 12.0. The molecule has 2 rings (SSSR count). The monoisotopic (exact) mass is 300 g/mol. The van der Waals surface area contributed by atoms with Crippen molar-refractivity contribution in [2.45, 2.75) is 13.1 Å². The number of hydroxylamine groups is 4. The first-order chi connectivity index (χ1) is 10.5. The lowest BCUT2D eigenvalue weighted by atomic mass is 10.2. The molecular weight excluding hydrogens is 284 g/mol. The summed E-state index contributed by atoms with van der Waals surface area (Å²) in [7, 11) is 0. The Morgan fingerprint density at radius 2 is 1.09 bits per heavy atom. The van der Waals surface area contributed by atoms with Crippen LogP contribution in [0.25, 0.3) is 0 Å². The van der Waals surface area contributed by atoms with Gasteiger partial charge in [-0.05, 0) is 31.2 Å². The Kier molecular flexibility index (Phi) is 4.88. The number of carbonyl (C=O) groups excluding carboxylic acids is 2. The van der Waals surface area contributed by atoms with Crippen LogP contribution in [-0.4, -0.2) is 38.5 Å². The molecule has 0 fully saturated rings. The molecule has 0 unspecified atom stereocenters. The molecule has 0 aliphatic carbocycles. The van der Waals surface area contributed by atoms with E-state index in [4.69, 9.17) is 0 Å². The summed E-state index contributed by atoms with van der Waals surface area (Å²) < 4.78 is 0. The van der Waals surface area contributed by atoms with Crippen molar-refractivity contribution in [2.24, 2.45) is 0 Å². The Balaban J connectivity index is 2.11. The first-order valence-corrected chi connectivity index (χ1v) is 6.67. The molecule has 2 aromatic carbocycles. The molecule has 0 aliphatic rings. The van der Waals surface area contributed by atoms with Crippen LogP contribution in [0, 0.1) is 0 Å². The van der Waals surface area contributed by atoms with Gasteiger partial charge >= 0.3 is 0 Å². The number of nitrogens with zero attached hydrogens (tertiary/aromatic N) is 2. The average Bonchev–Trinajstić information content (AvgIpc) is 2.60. The molecular formula is C16H16N2O4. The van der Waals surface area contributed by atoms with Crippen LogP contribution in [-0.2, 0) is 0 Å². The Morgan fingerprint density at radius 1 is 0.773 bits per heavy atom. The molecule has 2 amide bonds. The number of hydrogen-bond acceptors (Lipinski definition) is 4. The molecule has 6 heteroatoms. The van der Waals surface area contributed by atoms with E-state index >= 15 is 0 Å².